The quantitative estimate of drug-likeness (QED) is 0.786. The Kier molecular flexibility index (Phi) is 4.78. The summed E-state index contributed by atoms with van der Waals surface area (Å²) in [5, 5.41) is 9.66. The number of hydrogen-bond donors (Lipinski definition) is 0. The van der Waals surface area contributed by atoms with Crippen LogP contribution in [0.1, 0.15) is 12.5 Å². The number of halogens is 1. The molecule has 1 heterocycles. The predicted octanol–water partition coefficient (Wildman–Crippen LogP) is 2.49. The molecule has 1 atom stereocenters. The minimum absolute atomic E-state index is 0.169. The number of carbonyl (C=O) groups excluding carboxylic acids is 1. The van der Waals surface area contributed by atoms with Crippen LogP contribution >= 0.6 is 11.6 Å². The molecule has 0 saturated carbocycles. The van der Waals surface area contributed by atoms with E-state index in [4.69, 9.17) is 21.6 Å². The Morgan fingerprint density at radius 3 is 3.10 bits per heavy atom. The van der Waals surface area contributed by atoms with Crippen molar-refractivity contribution in [3.8, 4) is 6.07 Å². The molecule has 2 rings (SSSR count). The number of benzene rings is 1. The molecule has 1 saturated heterocycles. The SMILES string of the molecule is C/C(=C/C(=O)N1CCOCC1C#N)c1cccc(Cl)c1. The van der Waals surface area contributed by atoms with Gasteiger partial charge in [0, 0.05) is 17.6 Å². The number of hydrogen-bond acceptors (Lipinski definition) is 3. The number of allylic oxidation sites excluding steroid dienone is 1. The molecule has 0 radical (unpaired) electrons. The van der Waals surface area contributed by atoms with Crippen LogP contribution in [0.15, 0.2) is 30.3 Å². The van der Waals surface area contributed by atoms with E-state index in [1.165, 1.54) is 4.90 Å². The number of morpholine rings is 1. The van der Waals surface area contributed by atoms with Gasteiger partial charge in [-0.15, -0.1) is 0 Å². The molecular weight excluding hydrogens is 276 g/mol. The summed E-state index contributed by atoms with van der Waals surface area (Å²) in [6.07, 6.45) is 1.54. The first-order valence-corrected chi connectivity index (χ1v) is 6.72. The van der Waals surface area contributed by atoms with Gasteiger partial charge in [-0.25, -0.2) is 0 Å². The maximum Gasteiger partial charge on any atom is 0.248 e. The first kappa shape index (κ1) is 14.6. The van der Waals surface area contributed by atoms with E-state index in [0.29, 0.717) is 18.2 Å². The maximum absolute atomic E-state index is 12.2. The minimum Gasteiger partial charge on any atom is -0.376 e. The van der Waals surface area contributed by atoms with E-state index in [-0.39, 0.29) is 12.5 Å². The van der Waals surface area contributed by atoms with Gasteiger partial charge in [-0.3, -0.25) is 4.79 Å². The molecule has 1 aliphatic heterocycles. The summed E-state index contributed by atoms with van der Waals surface area (Å²) in [5.74, 6) is -0.169. The molecule has 1 aromatic rings. The van der Waals surface area contributed by atoms with Crippen molar-refractivity contribution in [1.82, 2.24) is 4.90 Å². The second-order valence-electron chi connectivity index (χ2n) is 4.59. The van der Waals surface area contributed by atoms with Crippen LogP contribution in [0, 0.1) is 11.3 Å². The Labute approximate surface area is 123 Å². The lowest BCUT2D eigenvalue weighted by atomic mass is 10.1. The topological polar surface area (TPSA) is 53.3 Å². The molecule has 20 heavy (non-hydrogen) atoms. The maximum atomic E-state index is 12.2. The van der Waals surface area contributed by atoms with Crippen LogP contribution in [0.5, 0.6) is 0 Å². The van der Waals surface area contributed by atoms with Crippen molar-refractivity contribution in [2.45, 2.75) is 13.0 Å². The zero-order valence-electron chi connectivity index (χ0n) is 11.2. The Morgan fingerprint density at radius 1 is 1.60 bits per heavy atom. The number of nitriles is 1. The average molecular weight is 291 g/mol. The van der Waals surface area contributed by atoms with Gasteiger partial charge in [-0.1, -0.05) is 23.7 Å². The summed E-state index contributed by atoms with van der Waals surface area (Å²) < 4.78 is 5.20. The molecule has 4 nitrogen and oxygen atoms in total. The van der Waals surface area contributed by atoms with E-state index < -0.39 is 6.04 Å². The van der Waals surface area contributed by atoms with Crippen molar-refractivity contribution >= 4 is 23.1 Å². The number of ether oxygens (including phenoxy) is 1. The summed E-state index contributed by atoms with van der Waals surface area (Å²) in [5.41, 5.74) is 1.72. The minimum atomic E-state index is -0.514. The lowest BCUT2D eigenvalue weighted by molar-refractivity contribution is -0.132. The standard InChI is InChI=1S/C15H15ClN2O2/c1-11(12-3-2-4-13(16)8-12)7-15(19)18-5-6-20-10-14(18)9-17/h2-4,7-8,14H,5-6,10H2,1H3/b11-7-. The smallest absolute Gasteiger partial charge is 0.248 e. The van der Waals surface area contributed by atoms with Crippen molar-refractivity contribution in [3.63, 3.8) is 0 Å². The van der Waals surface area contributed by atoms with Crippen LogP contribution in [-0.2, 0) is 9.53 Å². The first-order chi connectivity index (χ1) is 9.61. The molecule has 1 fully saturated rings. The van der Waals surface area contributed by atoms with Crippen LogP contribution in [0.4, 0.5) is 0 Å². The number of amides is 1. The number of nitrogens with zero attached hydrogens (tertiary/aromatic N) is 2. The summed E-state index contributed by atoms with van der Waals surface area (Å²) in [4.78, 5) is 13.8. The van der Waals surface area contributed by atoms with E-state index in [1.807, 2.05) is 25.1 Å². The average Bonchev–Trinajstić information content (AvgIpc) is 2.47. The lowest BCUT2D eigenvalue weighted by Gasteiger charge is -2.30. The Bertz CT molecular complexity index is 577. The molecule has 0 aliphatic carbocycles. The van der Waals surface area contributed by atoms with Crippen LogP contribution < -0.4 is 0 Å². The van der Waals surface area contributed by atoms with E-state index in [1.54, 1.807) is 12.1 Å². The fourth-order valence-corrected chi connectivity index (χ4v) is 2.25. The highest BCUT2D eigenvalue weighted by Crippen LogP contribution is 2.19. The molecule has 1 amide bonds. The van der Waals surface area contributed by atoms with E-state index >= 15 is 0 Å². The van der Waals surface area contributed by atoms with Gasteiger partial charge in [-0.05, 0) is 30.2 Å². The van der Waals surface area contributed by atoms with Gasteiger partial charge < -0.3 is 9.64 Å². The zero-order chi connectivity index (χ0) is 14.5. The van der Waals surface area contributed by atoms with Gasteiger partial charge in [0.05, 0.1) is 19.3 Å². The highest BCUT2D eigenvalue weighted by atomic mass is 35.5. The normalized spacial score (nSPS) is 19.6. The fourth-order valence-electron chi connectivity index (χ4n) is 2.06. The van der Waals surface area contributed by atoms with Crippen molar-refractivity contribution < 1.29 is 9.53 Å². The largest absolute Gasteiger partial charge is 0.376 e. The lowest BCUT2D eigenvalue weighted by Crippen LogP contribution is -2.47. The van der Waals surface area contributed by atoms with Gasteiger partial charge in [0.25, 0.3) is 0 Å². The third-order valence-electron chi connectivity index (χ3n) is 3.18. The van der Waals surface area contributed by atoms with Crippen molar-refractivity contribution in [2.75, 3.05) is 19.8 Å². The van der Waals surface area contributed by atoms with Gasteiger partial charge >= 0.3 is 0 Å². The van der Waals surface area contributed by atoms with Crippen LogP contribution in [0.3, 0.4) is 0 Å². The highest BCUT2D eigenvalue weighted by Gasteiger charge is 2.25. The summed E-state index contributed by atoms with van der Waals surface area (Å²) in [7, 11) is 0. The van der Waals surface area contributed by atoms with E-state index in [2.05, 4.69) is 6.07 Å². The van der Waals surface area contributed by atoms with E-state index in [0.717, 1.165) is 11.1 Å². The number of carbonyl (C=O) groups is 1. The Hall–Kier alpha value is -1.83. The predicted molar refractivity (Wildman–Crippen MR) is 77.0 cm³/mol. The molecule has 5 heteroatoms. The van der Waals surface area contributed by atoms with Crippen LogP contribution in [0.2, 0.25) is 5.02 Å². The molecule has 1 aromatic carbocycles. The zero-order valence-corrected chi connectivity index (χ0v) is 11.9. The van der Waals surface area contributed by atoms with Gasteiger partial charge in [0.15, 0.2) is 0 Å². The molecule has 0 N–H and O–H groups in total. The van der Waals surface area contributed by atoms with Gasteiger partial charge in [0.1, 0.15) is 6.04 Å². The van der Waals surface area contributed by atoms with Crippen molar-refractivity contribution in [1.29, 1.82) is 5.26 Å². The fraction of sp³-hybridized carbons (Fsp3) is 0.333. The molecule has 1 unspecified atom stereocenters. The highest BCUT2D eigenvalue weighted by molar-refractivity contribution is 6.30. The van der Waals surface area contributed by atoms with Crippen molar-refractivity contribution in [2.24, 2.45) is 0 Å². The van der Waals surface area contributed by atoms with E-state index in [9.17, 15) is 4.79 Å². The monoisotopic (exact) mass is 290 g/mol. The molecule has 0 spiro atoms. The first-order valence-electron chi connectivity index (χ1n) is 6.34. The third-order valence-corrected chi connectivity index (χ3v) is 3.42. The van der Waals surface area contributed by atoms with Gasteiger partial charge in [0.2, 0.25) is 5.91 Å². The van der Waals surface area contributed by atoms with Crippen LogP contribution in [0.25, 0.3) is 5.57 Å². The molecule has 104 valence electrons. The Balaban J connectivity index is 2.17. The Morgan fingerprint density at radius 2 is 2.40 bits per heavy atom. The van der Waals surface area contributed by atoms with Crippen molar-refractivity contribution in [3.05, 3.63) is 40.9 Å². The van der Waals surface area contributed by atoms with Crippen LogP contribution in [-0.4, -0.2) is 36.6 Å². The molecular formula is C15H15ClN2O2. The second-order valence-corrected chi connectivity index (χ2v) is 5.03. The summed E-state index contributed by atoms with van der Waals surface area (Å²) in [6, 6.07) is 8.90. The van der Waals surface area contributed by atoms with Gasteiger partial charge in [-0.2, -0.15) is 5.26 Å². The number of rotatable bonds is 2. The third kappa shape index (κ3) is 3.38. The molecule has 0 aromatic heterocycles. The molecule has 0 bridgehead atoms. The summed E-state index contributed by atoms with van der Waals surface area (Å²) >= 11 is 5.94. The summed E-state index contributed by atoms with van der Waals surface area (Å²) in [6.45, 7) is 3.03. The molecule has 1 aliphatic rings. The second kappa shape index (κ2) is 6.56.